The molecule has 0 spiro atoms. The van der Waals surface area contributed by atoms with E-state index in [9.17, 15) is 4.79 Å². The summed E-state index contributed by atoms with van der Waals surface area (Å²) in [4.78, 5) is 12.1. The van der Waals surface area contributed by atoms with Crippen molar-refractivity contribution in [3.63, 3.8) is 0 Å². The van der Waals surface area contributed by atoms with E-state index in [1.165, 1.54) is 0 Å². The summed E-state index contributed by atoms with van der Waals surface area (Å²) in [5.74, 6) is 0.765. The van der Waals surface area contributed by atoms with Gasteiger partial charge in [-0.05, 0) is 66.3 Å². The van der Waals surface area contributed by atoms with E-state index < -0.39 is 0 Å². The molecule has 1 amide bonds. The van der Waals surface area contributed by atoms with Gasteiger partial charge in [-0.2, -0.15) is 0 Å². The number of nitrogens with one attached hydrogen (secondary N) is 1. The molecule has 4 heteroatoms. The molecule has 0 bridgehead atoms. The van der Waals surface area contributed by atoms with Crippen LogP contribution in [-0.4, -0.2) is 19.1 Å². The first-order valence-corrected chi connectivity index (χ1v) is 7.88. The maximum absolute atomic E-state index is 12.1. The Labute approximate surface area is 138 Å². The van der Waals surface area contributed by atoms with Crippen LogP contribution in [0.1, 0.15) is 21.5 Å². The maximum Gasteiger partial charge on any atom is 0.252 e. The summed E-state index contributed by atoms with van der Waals surface area (Å²) in [7, 11) is 0. The van der Waals surface area contributed by atoms with E-state index in [0.717, 1.165) is 20.4 Å². The fourth-order valence-corrected chi connectivity index (χ4v) is 2.85. The van der Waals surface area contributed by atoms with Crippen LogP contribution in [-0.2, 0) is 0 Å². The molecule has 2 rings (SSSR count). The van der Waals surface area contributed by atoms with Crippen molar-refractivity contribution in [2.24, 2.45) is 0 Å². The molecule has 0 atom stereocenters. The largest absolute Gasteiger partial charge is 0.492 e. The predicted molar refractivity (Wildman–Crippen MR) is 92.9 cm³/mol. The van der Waals surface area contributed by atoms with Gasteiger partial charge in [0.2, 0.25) is 0 Å². The molecule has 0 radical (unpaired) electrons. The Morgan fingerprint density at radius 2 is 1.90 bits per heavy atom. The van der Waals surface area contributed by atoms with Crippen LogP contribution in [0.2, 0.25) is 0 Å². The summed E-state index contributed by atoms with van der Waals surface area (Å²) >= 11 is 2.18. The Hall–Kier alpha value is -1.56. The smallest absolute Gasteiger partial charge is 0.252 e. The van der Waals surface area contributed by atoms with Crippen molar-refractivity contribution in [2.45, 2.75) is 13.8 Å². The molecular weight excluding hydrogens is 377 g/mol. The molecule has 0 aliphatic carbocycles. The van der Waals surface area contributed by atoms with Crippen LogP contribution in [0.25, 0.3) is 0 Å². The van der Waals surface area contributed by atoms with Crippen molar-refractivity contribution in [2.75, 3.05) is 13.2 Å². The molecule has 110 valence electrons. The number of aryl methyl sites for hydroxylation is 2. The third-order valence-corrected chi connectivity index (χ3v) is 3.91. The molecule has 0 aliphatic rings. The van der Waals surface area contributed by atoms with E-state index in [1.54, 1.807) is 0 Å². The third-order valence-electron chi connectivity index (χ3n) is 3.02. The second-order valence-corrected chi connectivity index (χ2v) is 6.07. The summed E-state index contributed by atoms with van der Waals surface area (Å²) in [6.07, 6.45) is 0. The molecule has 0 saturated carbocycles. The highest BCUT2D eigenvalue weighted by Gasteiger charge is 2.09. The number of hydrogen-bond donors (Lipinski definition) is 1. The number of benzene rings is 2. The summed E-state index contributed by atoms with van der Waals surface area (Å²) in [6.45, 7) is 4.97. The molecule has 2 aromatic rings. The highest BCUT2D eigenvalue weighted by molar-refractivity contribution is 14.1. The minimum Gasteiger partial charge on any atom is -0.492 e. The fourth-order valence-electron chi connectivity index (χ4n) is 1.94. The monoisotopic (exact) mass is 395 g/mol. The van der Waals surface area contributed by atoms with E-state index >= 15 is 0 Å². The Balaban J connectivity index is 1.82. The standard InChI is InChI=1S/C17H18INO2/c1-12-4-3-5-14(10-12)21-9-8-19-17(20)15-7-6-13(2)11-16(15)18/h3-7,10-11H,8-9H2,1-2H3,(H,19,20). The number of amides is 1. The van der Waals surface area contributed by atoms with Gasteiger partial charge in [0.1, 0.15) is 12.4 Å². The second-order valence-electron chi connectivity index (χ2n) is 4.90. The van der Waals surface area contributed by atoms with Gasteiger partial charge >= 0.3 is 0 Å². The van der Waals surface area contributed by atoms with Gasteiger partial charge in [-0.1, -0.05) is 23.8 Å². The maximum atomic E-state index is 12.1. The first-order chi connectivity index (χ1) is 10.1. The summed E-state index contributed by atoms with van der Waals surface area (Å²) < 4.78 is 6.57. The van der Waals surface area contributed by atoms with Gasteiger partial charge in [0.15, 0.2) is 0 Å². The fraction of sp³-hybridized carbons (Fsp3) is 0.235. The Bertz CT molecular complexity index is 640. The van der Waals surface area contributed by atoms with Gasteiger partial charge in [0.25, 0.3) is 5.91 Å². The first kappa shape index (κ1) is 15.8. The minimum absolute atomic E-state index is 0.0627. The van der Waals surface area contributed by atoms with Crippen LogP contribution in [0.5, 0.6) is 5.75 Å². The van der Waals surface area contributed by atoms with Crippen molar-refractivity contribution < 1.29 is 9.53 Å². The van der Waals surface area contributed by atoms with Gasteiger partial charge in [0, 0.05) is 3.57 Å². The van der Waals surface area contributed by atoms with Crippen molar-refractivity contribution in [3.8, 4) is 5.75 Å². The van der Waals surface area contributed by atoms with Gasteiger partial charge in [-0.15, -0.1) is 0 Å². The van der Waals surface area contributed by atoms with Gasteiger partial charge < -0.3 is 10.1 Å². The van der Waals surface area contributed by atoms with Gasteiger partial charge in [-0.3, -0.25) is 4.79 Å². The Morgan fingerprint density at radius 1 is 1.14 bits per heavy atom. The topological polar surface area (TPSA) is 38.3 Å². The zero-order valence-electron chi connectivity index (χ0n) is 12.2. The lowest BCUT2D eigenvalue weighted by Gasteiger charge is -2.09. The van der Waals surface area contributed by atoms with Crippen molar-refractivity contribution >= 4 is 28.5 Å². The number of rotatable bonds is 5. The molecule has 0 unspecified atom stereocenters. The molecule has 0 saturated heterocycles. The zero-order chi connectivity index (χ0) is 15.2. The average molecular weight is 395 g/mol. The van der Waals surface area contributed by atoms with Crippen LogP contribution in [0.15, 0.2) is 42.5 Å². The highest BCUT2D eigenvalue weighted by atomic mass is 127. The van der Waals surface area contributed by atoms with Crippen molar-refractivity contribution in [1.29, 1.82) is 0 Å². The molecule has 2 aromatic carbocycles. The van der Waals surface area contributed by atoms with Crippen LogP contribution in [0.4, 0.5) is 0 Å². The van der Waals surface area contributed by atoms with E-state index in [2.05, 4.69) is 27.9 Å². The number of carbonyl (C=O) groups excluding carboxylic acids is 1. The number of carbonyl (C=O) groups is 1. The minimum atomic E-state index is -0.0627. The van der Waals surface area contributed by atoms with Gasteiger partial charge in [0.05, 0.1) is 12.1 Å². The van der Waals surface area contributed by atoms with E-state index in [4.69, 9.17) is 4.74 Å². The Kier molecular flexibility index (Phi) is 5.61. The van der Waals surface area contributed by atoms with Crippen LogP contribution in [0.3, 0.4) is 0 Å². The van der Waals surface area contributed by atoms with Crippen molar-refractivity contribution in [1.82, 2.24) is 5.32 Å². The number of hydrogen-bond acceptors (Lipinski definition) is 2. The van der Waals surface area contributed by atoms with E-state index in [0.29, 0.717) is 18.7 Å². The van der Waals surface area contributed by atoms with E-state index in [1.807, 2.05) is 56.3 Å². The quantitative estimate of drug-likeness (QED) is 0.619. The predicted octanol–water partition coefficient (Wildman–Crippen LogP) is 3.72. The summed E-state index contributed by atoms with van der Waals surface area (Å²) in [6, 6.07) is 13.7. The third kappa shape index (κ3) is 4.74. The number of ether oxygens (including phenoxy) is 1. The number of halogens is 1. The molecule has 1 N–H and O–H groups in total. The summed E-state index contributed by atoms with van der Waals surface area (Å²) in [5, 5.41) is 2.88. The molecule has 0 heterocycles. The normalized spacial score (nSPS) is 10.2. The molecule has 3 nitrogen and oxygen atoms in total. The summed E-state index contributed by atoms with van der Waals surface area (Å²) in [5.41, 5.74) is 3.02. The first-order valence-electron chi connectivity index (χ1n) is 6.80. The molecule has 0 aliphatic heterocycles. The molecular formula is C17H18INO2. The highest BCUT2D eigenvalue weighted by Crippen LogP contribution is 2.14. The molecule has 21 heavy (non-hydrogen) atoms. The van der Waals surface area contributed by atoms with Gasteiger partial charge in [-0.25, -0.2) is 0 Å². The van der Waals surface area contributed by atoms with Crippen LogP contribution >= 0.6 is 22.6 Å². The van der Waals surface area contributed by atoms with Crippen LogP contribution in [0, 0.1) is 17.4 Å². The van der Waals surface area contributed by atoms with Crippen LogP contribution < -0.4 is 10.1 Å². The second kappa shape index (κ2) is 7.45. The lowest BCUT2D eigenvalue weighted by molar-refractivity contribution is 0.0946. The average Bonchev–Trinajstić information content (AvgIpc) is 2.43. The Morgan fingerprint density at radius 3 is 2.62 bits per heavy atom. The molecule has 0 aromatic heterocycles. The van der Waals surface area contributed by atoms with E-state index in [-0.39, 0.29) is 5.91 Å². The zero-order valence-corrected chi connectivity index (χ0v) is 14.3. The SMILES string of the molecule is Cc1cccc(OCCNC(=O)c2ccc(C)cc2I)c1. The van der Waals surface area contributed by atoms with Crippen molar-refractivity contribution in [3.05, 3.63) is 62.7 Å². The lowest BCUT2D eigenvalue weighted by Crippen LogP contribution is -2.28. The lowest BCUT2D eigenvalue weighted by atomic mass is 10.1. The molecule has 0 fully saturated rings.